The Hall–Kier alpha value is -1.30. The summed E-state index contributed by atoms with van der Waals surface area (Å²) in [6.45, 7) is 0. The van der Waals surface area contributed by atoms with Crippen LogP contribution in [-0.2, 0) is 4.79 Å². The fraction of sp³-hybridized carbons (Fsp3) is 0.778. The maximum atomic E-state index is 10.9. The average Bonchev–Trinajstić information content (AvgIpc) is 2.16. The number of amides is 2. The molecule has 1 saturated carbocycles. The molecule has 0 radical (unpaired) electrons. The van der Waals surface area contributed by atoms with Crippen LogP contribution >= 0.6 is 0 Å². The van der Waals surface area contributed by atoms with Crippen LogP contribution in [0.3, 0.4) is 0 Å². The van der Waals surface area contributed by atoms with Crippen LogP contribution in [0.15, 0.2) is 0 Å². The Balaban J connectivity index is 2.83. The van der Waals surface area contributed by atoms with E-state index < -0.39 is 23.6 Å². The molecule has 0 aromatic heterocycles. The summed E-state index contributed by atoms with van der Waals surface area (Å²) in [7, 11) is 0. The van der Waals surface area contributed by atoms with Gasteiger partial charge in [0, 0.05) is 0 Å². The topological polar surface area (TPSA) is 113 Å². The molecule has 1 fully saturated rings. The summed E-state index contributed by atoms with van der Waals surface area (Å²) in [5, 5.41) is 20.6. The average molecular weight is 216 g/mol. The number of nitrogens with two attached hydrogens (primary N) is 1. The molecule has 1 unspecified atom stereocenters. The molecule has 0 spiro atoms. The van der Waals surface area contributed by atoms with Crippen molar-refractivity contribution in [2.75, 3.05) is 0 Å². The molecule has 1 atom stereocenters. The SMILES string of the molecule is NC(=O)C(O)C1(NC(=O)O)CCCCC1. The van der Waals surface area contributed by atoms with Crippen molar-refractivity contribution < 1.29 is 19.8 Å². The van der Waals surface area contributed by atoms with Gasteiger partial charge in [-0.15, -0.1) is 0 Å². The Morgan fingerprint density at radius 3 is 2.20 bits per heavy atom. The number of carboxylic acid groups (broad SMARTS) is 1. The van der Waals surface area contributed by atoms with Crippen LogP contribution in [0.2, 0.25) is 0 Å². The van der Waals surface area contributed by atoms with Gasteiger partial charge < -0.3 is 21.3 Å². The zero-order valence-corrected chi connectivity index (χ0v) is 8.40. The van der Waals surface area contributed by atoms with Crippen molar-refractivity contribution in [3.8, 4) is 0 Å². The van der Waals surface area contributed by atoms with Gasteiger partial charge in [0.15, 0.2) is 6.10 Å². The number of primary amides is 1. The molecule has 86 valence electrons. The molecule has 6 nitrogen and oxygen atoms in total. The van der Waals surface area contributed by atoms with E-state index in [1.54, 1.807) is 0 Å². The molecule has 0 bridgehead atoms. The third kappa shape index (κ3) is 2.59. The number of hydrogen-bond acceptors (Lipinski definition) is 3. The van der Waals surface area contributed by atoms with Crippen LogP contribution in [0, 0.1) is 0 Å². The molecule has 1 rings (SSSR count). The fourth-order valence-electron chi connectivity index (χ4n) is 2.13. The van der Waals surface area contributed by atoms with Crippen molar-refractivity contribution in [1.82, 2.24) is 5.32 Å². The second kappa shape index (κ2) is 4.48. The van der Waals surface area contributed by atoms with Crippen molar-refractivity contribution in [3.05, 3.63) is 0 Å². The molecular formula is C9H16N2O4. The van der Waals surface area contributed by atoms with Gasteiger partial charge in [-0.2, -0.15) is 0 Å². The molecule has 15 heavy (non-hydrogen) atoms. The predicted octanol–water partition coefficient (Wildman–Crippen LogP) is -0.197. The minimum Gasteiger partial charge on any atom is -0.465 e. The molecule has 0 aromatic rings. The van der Waals surface area contributed by atoms with Crippen molar-refractivity contribution in [2.24, 2.45) is 5.73 Å². The predicted molar refractivity (Wildman–Crippen MR) is 52.2 cm³/mol. The van der Waals surface area contributed by atoms with Crippen LogP contribution in [0.4, 0.5) is 4.79 Å². The van der Waals surface area contributed by atoms with Gasteiger partial charge in [-0.3, -0.25) is 4.79 Å². The molecule has 0 aliphatic heterocycles. The lowest BCUT2D eigenvalue weighted by atomic mass is 9.77. The van der Waals surface area contributed by atoms with Gasteiger partial charge in [0.2, 0.25) is 5.91 Å². The van der Waals surface area contributed by atoms with E-state index in [4.69, 9.17) is 10.8 Å². The molecule has 1 aliphatic carbocycles. The van der Waals surface area contributed by atoms with Crippen LogP contribution in [-0.4, -0.2) is 33.9 Å². The second-order valence-electron chi connectivity index (χ2n) is 3.95. The van der Waals surface area contributed by atoms with Crippen LogP contribution in [0.5, 0.6) is 0 Å². The summed E-state index contributed by atoms with van der Waals surface area (Å²) >= 11 is 0. The summed E-state index contributed by atoms with van der Waals surface area (Å²) in [6, 6.07) is 0. The Kier molecular flexibility index (Phi) is 3.52. The monoisotopic (exact) mass is 216 g/mol. The van der Waals surface area contributed by atoms with Crippen molar-refractivity contribution in [3.63, 3.8) is 0 Å². The minimum absolute atomic E-state index is 0.448. The Morgan fingerprint density at radius 2 is 1.80 bits per heavy atom. The third-order valence-electron chi connectivity index (χ3n) is 2.89. The first-order valence-electron chi connectivity index (χ1n) is 4.96. The highest BCUT2D eigenvalue weighted by atomic mass is 16.4. The Labute approximate surface area is 87.5 Å². The van der Waals surface area contributed by atoms with E-state index >= 15 is 0 Å². The molecule has 1 aliphatic rings. The maximum absolute atomic E-state index is 10.9. The normalized spacial score (nSPS) is 21.7. The molecular weight excluding hydrogens is 200 g/mol. The van der Waals surface area contributed by atoms with Crippen molar-refractivity contribution in [2.45, 2.75) is 43.7 Å². The van der Waals surface area contributed by atoms with E-state index in [1.165, 1.54) is 0 Å². The first-order valence-corrected chi connectivity index (χ1v) is 4.96. The van der Waals surface area contributed by atoms with E-state index in [9.17, 15) is 14.7 Å². The minimum atomic E-state index is -1.45. The molecule has 5 N–H and O–H groups in total. The van der Waals surface area contributed by atoms with E-state index in [2.05, 4.69) is 5.32 Å². The van der Waals surface area contributed by atoms with E-state index in [-0.39, 0.29) is 0 Å². The van der Waals surface area contributed by atoms with E-state index in [0.29, 0.717) is 12.8 Å². The van der Waals surface area contributed by atoms with Gasteiger partial charge in [-0.25, -0.2) is 4.79 Å². The Morgan fingerprint density at radius 1 is 1.27 bits per heavy atom. The summed E-state index contributed by atoms with van der Waals surface area (Å²) in [6.07, 6.45) is 0.752. The highest BCUT2D eigenvalue weighted by Gasteiger charge is 2.43. The van der Waals surface area contributed by atoms with Crippen LogP contribution < -0.4 is 11.1 Å². The lowest BCUT2D eigenvalue weighted by molar-refractivity contribution is -0.131. The second-order valence-corrected chi connectivity index (χ2v) is 3.95. The van der Waals surface area contributed by atoms with Crippen molar-refractivity contribution in [1.29, 1.82) is 0 Å². The molecule has 0 heterocycles. The Bertz CT molecular complexity index is 261. The number of aliphatic hydroxyl groups is 1. The largest absolute Gasteiger partial charge is 0.465 e. The van der Waals surface area contributed by atoms with Crippen LogP contribution in [0.25, 0.3) is 0 Å². The van der Waals surface area contributed by atoms with Gasteiger partial charge in [-0.05, 0) is 12.8 Å². The zero-order chi connectivity index (χ0) is 11.5. The maximum Gasteiger partial charge on any atom is 0.405 e. The standard InChI is InChI=1S/C9H16N2O4/c10-7(13)6(12)9(11-8(14)15)4-2-1-3-5-9/h6,11-12H,1-5H2,(H2,10,13)(H,14,15). The van der Waals surface area contributed by atoms with Gasteiger partial charge in [0.25, 0.3) is 0 Å². The smallest absolute Gasteiger partial charge is 0.405 e. The lowest BCUT2D eigenvalue weighted by Gasteiger charge is -2.39. The van der Waals surface area contributed by atoms with Gasteiger partial charge in [-0.1, -0.05) is 19.3 Å². The molecule has 0 aromatic carbocycles. The first-order chi connectivity index (χ1) is 6.98. The highest BCUT2D eigenvalue weighted by Crippen LogP contribution is 2.31. The third-order valence-corrected chi connectivity index (χ3v) is 2.89. The number of carbonyl (C=O) groups is 2. The van der Waals surface area contributed by atoms with E-state index in [0.717, 1.165) is 19.3 Å². The molecule has 0 saturated heterocycles. The summed E-state index contributed by atoms with van der Waals surface area (Å²) in [4.78, 5) is 21.5. The number of rotatable bonds is 3. The first kappa shape index (κ1) is 11.8. The van der Waals surface area contributed by atoms with Gasteiger partial charge >= 0.3 is 6.09 Å². The van der Waals surface area contributed by atoms with Gasteiger partial charge in [0.1, 0.15) is 0 Å². The molecule has 6 heteroatoms. The quantitative estimate of drug-likeness (QED) is 0.523. The highest BCUT2D eigenvalue weighted by molar-refractivity contribution is 5.81. The summed E-state index contributed by atoms with van der Waals surface area (Å²) in [5.41, 5.74) is 3.92. The van der Waals surface area contributed by atoms with Crippen molar-refractivity contribution >= 4 is 12.0 Å². The summed E-state index contributed by atoms with van der Waals surface area (Å²) in [5.74, 6) is -0.884. The number of hydrogen-bond donors (Lipinski definition) is 4. The van der Waals surface area contributed by atoms with Gasteiger partial charge in [0.05, 0.1) is 5.54 Å². The fourth-order valence-corrected chi connectivity index (χ4v) is 2.13. The zero-order valence-electron chi connectivity index (χ0n) is 8.40. The lowest BCUT2D eigenvalue weighted by Crippen LogP contribution is -2.61. The summed E-state index contributed by atoms with van der Waals surface area (Å²) < 4.78 is 0. The number of nitrogens with one attached hydrogen (secondary N) is 1. The number of aliphatic hydroxyl groups excluding tert-OH is 1. The van der Waals surface area contributed by atoms with E-state index in [1.807, 2.05) is 0 Å². The number of carbonyl (C=O) groups excluding carboxylic acids is 1. The molecule has 2 amide bonds. The van der Waals surface area contributed by atoms with Crippen LogP contribution in [0.1, 0.15) is 32.1 Å².